The van der Waals surface area contributed by atoms with Gasteiger partial charge in [-0.2, -0.15) is 13.2 Å². The number of urea groups is 2. The molecule has 0 spiro atoms. The maximum absolute atomic E-state index is 14.8. The molecule has 0 unspecified atom stereocenters. The number of fused-ring (bicyclic) bond motifs is 1. The summed E-state index contributed by atoms with van der Waals surface area (Å²) in [6, 6.07) is 6.65. The number of aromatic nitrogens is 1. The van der Waals surface area contributed by atoms with Gasteiger partial charge in [0.15, 0.2) is 0 Å². The third kappa shape index (κ3) is 5.47. The number of β-amino-alcohol motifs (C(OH)–C–C–N with tert-alkyl or cyclic N) is 1. The average molecular weight is 532 g/mol. The molecular weight excluding hydrogens is 508 g/mol. The van der Waals surface area contributed by atoms with E-state index in [9.17, 15) is 32.3 Å². The van der Waals surface area contributed by atoms with Gasteiger partial charge in [-0.3, -0.25) is 9.80 Å². The number of anilines is 5. The average Bonchev–Trinajstić information content (AvgIpc) is 2.87. The van der Waals surface area contributed by atoms with Crippen molar-refractivity contribution in [2.75, 3.05) is 45.9 Å². The van der Waals surface area contributed by atoms with E-state index in [-0.39, 0.29) is 36.8 Å². The van der Waals surface area contributed by atoms with Gasteiger partial charge in [-0.25, -0.2) is 19.0 Å². The van der Waals surface area contributed by atoms with Crippen LogP contribution in [0, 0.1) is 12.7 Å². The van der Waals surface area contributed by atoms with Crippen LogP contribution in [0.2, 0.25) is 0 Å². The number of nitrogens with one attached hydrogen (secondary N) is 3. The summed E-state index contributed by atoms with van der Waals surface area (Å²) in [7, 11) is 1.68. The lowest BCUT2D eigenvalue weighted by Gasteiger charge is -2.37. The molecule has 0 radical (unpaired) electrons. The van der Waals surface area contributed by atoms with Gasteiger partial charge >= 0.3 is 18.2 Å². The van der Waals surface area contributed by atoms with Crippen molar-refractivity contribution in [1.29, 1.82) is 0 Å². The number of aliphatic hydroxyl groups is 1. The summed E-state index contributed by atoms with van der Waals surface area (Å²) in [6.07, 6.45) is -3.01. The highest BCUT2D eigenvalue weighted by Crippen LogP contribution is 2.36. The van der Waals surface area contributed by atoms with Crippen molar-refractivity contribution in [2.24, 2.45) is 0 Å². The fraction of sp³-hybridized carbons (Fsp3) is 0.240. The van der Waals surface area contributed by atoms with E-state index in [0.717, 1.165) is 24.3 Å². The van der Waals surface area contributed by atoms with Gasteiger partial charge in [-0.1, -0.05) is 6.07 Å². The van der Waals surface area contributed by atoms with E-state index in [1.165, 1.54) is 21.9 Å². The number of aryl methyl sites for hydroxylation is 1. The van der Waals surface area contributed by atoms with Gasteiger partial charge in [0.25, 0.3) is 0 Å². The number of amides is 4. The highest BCUT2D eigenvalue weighted by molar-refractivity contribution is 6.07. The van der Waals surface area contributed by atoms with E-state index in [1.807, 2.05) is 0 Å². The minimum absolute atomic E-state index is 0.000244. The molecule has 9 nitrogen and oxygen atoms in total. The maximum atomic E-state index is 14.8. The lowest BCUT2D eigenvalue weighted by molar-refractivity contribution is -0.137. The summed E-state index contributed by atoms with van der Waals surface area (Å²) in [4.78, 5) is 32.9. The molecule has 3 aromatic rings. The lowest BCUT2D eigenvalue weighted by atomic mass is 10.1. The maximum Gasteiger partial charge on any atom is 0.416 e. The zero-order valence-corrected chi connectivity index (χ0v) is 20.4. The summed E-state index contributed by atoms with van der Waals surface area (Å²) in [6.45, 7) is 1.38. The summed E-state index contributed by atoms with van der Waals surface area (Å²) >= 11 is 0. The molecule has 1 aromatic heterocycles. The van der Waals surface area contributed by atoms with Crippen molar-refractivity contribution >= 4 is 40.6 Å². The number of carbonyl (C=O) groups is 2. The molecule has 4 N–H and O–H groups in total. The summed E-state index contributed by atoms with van der Waals surface area (Å²) in [5.41, 5.74) is 0.554. The topological polar surface area (TPSA) is 110 Å². The number of nitrogens with zero attached hydrogens (tertiary/aromatic N) is 3. The molecule has 1 aliphatic rings. The molecule has 1 aliphatic heterocycles. The van der Waals surface area contributed by atoms with Gasteiger partial charge in [-0.15, -0.1) is 0 Å². The fourth-order valence-corrected chi connectivity index (χ4v) is 4.08. The molecule has 38 heavy (non-hydrogen) atoms. The Hall–Kier alpha value is -4.39. The third-order valence-electron chi connectivity index (χ3n) is 5.90. The van der Waals surface area contributed by atoms with Gasteiger partial charge in [0.2, 0.25) is 0 Å². The molecule has 0 saturated carbocycles. The van der Waals surface area contributed by atoms with Gasteiger partial charge in [-0.05, 0) is 42.8 Å². The molecule has 2 heterocycles. The Morgan fingerprint density at radius 1 is 1.13 bits per heavy atom. The zero-order valence-electron chi connectivity index (χ0n) is 20.4. The molecule has 0 fully saturated rings. The van der Waals surface area contributed by atoms with E-state index in [2.05, 4.69) is 20.9 Å². The summed E-state index contributed by atoms with van der Waals surface area (Å²) < 4.78 is 53.7. The number of halogens is 4. The second-order valence-electron chi connectivity index (χ2n) is 8.47. The molecule has 0 atom stereocenters. The van der Waals surface area contributed by atoms with Gasteiger partial charge in [0, 0.05) is 30.6 Å². The van der Waals surface area contributed by atoms with Crippen molar-refractivity contribution < 1.29 is 32.3 Å². The van der Waals surface area contributed by atoms with Crippen molar-refractivity contribution in [1.82, 2.24) is 4.98 Å². The van der Waals surface area contributed by atoms with Crippen LogP contribution >= 0.6 is 0 Å². The van der Waals surface area contributed by atoms with Crippen LogP contribution in [0.4, 0.5) is 55.7 Å². The summed E-state index contributed by atoms with van der Waals surface area (Å²) in [5, 5.41) is 17.0. The van der Waals surface area contributed by atoms with Gasteiger partial charge in [0.05, 0.1) is 42.3 Å². The van der Waals surface area contributed by atoms with Gasteiger partial charge in [0.1, 0.15) is 11.6 Å². The van der Waals surface area contributed by atoms with Crippen molar-refractivity contribution in [3.63, 3.8) is 0 Å². The number of hydrogen-bond acceptors (Lipinski definition) is 5. The molecule has 2 aromatic carbocycles. The molecule has 4 amide bonds. The third-order valence-corrected chi connectivity index (χ3v) is 5.90. The highest BCUT2D eigenvalue weighted by Gasteiger charge is 2.33. The first-order chi connectivity index (χ1) is 18.0. The largest absolute Gasteiger partial charge is 0.416 e. The molecular formula is C25H24F4N6O3. The first kappa shape index (κ1) is 26.7. The number of pyridine rings is 1. The Kier molecular flexibility index (Phi) is 7.39. The van der Waals surface area contributed by atoms with Crippen LogP contribution < -0.4 is 25.8 Å². The smallest absolute Gasteiger partial charge is 0.395 e. The SMILES string of the molecule is CNc1cc2c(cn1)CN(c1cc(NC(=O)Nc3cccc(C(F)(F)F)c3)c(F)cc1C)C(=O)N2CCO. The predicted octanol–water partition coefficient (Wildman–Crippen LogP) is 5.17. The van der Waals surface area contributed by atoms with Crippen LogP contribution in [0.15, 0.2) is 48.7 Å². The second-order valence-corrected chi connectivity index (χ2v) is 8.47. The number of aliphatic hydroxyl groups excluding tert-OH is 1. The second kappa shape index (κ2) is 10.5. The molecule has 13 heteroatoms. The van der Waals surface area contributed by atoms with Crippen LogP contribution in [0.5, 0.6) is 0 Å². The fourth-order valence-electron chi connectivity index (χ4n) is 4.08. The van der Waals surface area contributed by atoms with Crippen LogP contribution in [-0.2, 0) is 12.7 Å². The number of carbonyl (C=O) groups excluding carboxylic acids is 2. The van der Waals surface area contributed by atoms with Crippen LogP contribution in [0.25, 0.3) is 0 Å². The number of benzene rings is 2. The van der Waals surface area contributed by atoms with Crippen LogP contribution in [0.1, 0.15) is 16.7 Å². The summed E-state index contributed by atoms with van der Waals surface area (Å²) in [5.74, 6) is -0.271. The van der Waals surface area contributed by atoms with Gasteiger partial charge < -0.3 is 21.1 Å². The monoisotopic (exact) mass is 532 g/mol. The van der Waals surface area contributed by atoms with E-state index in [1.54, 1.807) is 26.2 Å². The molecule has 4 rings (SSSR count). The number of alkyl halides is 3. The zero-order chi connectivity index (χ0) is 27.6. The highest BCUT2D eigenvalue weighted by atomic mass is 19.4. The minimum Gasteiger partial charge on any atom is -0.395 e. The molecule has 200 valence electrons. The van der Waals surface area contributed by atoms with Crippen molar-refractivity contribution in [3.8, 4) is 0 Å². The Labute approximate surface area is 215 Å². The van der Waals surface area contributed by atoms with E-state index < -0.39 is 29.6 Å². The normalized spacial score (nSPS) is 13.3. The Bertz CT molecular complexity index is 1380. The first-order valence-electron chi connectivity index (χ1n) is 11.4. The number of rotatable bonds is 6. The Morgan fingerprint density at radius 2 is 1.89 bits per heavy atom. The number of hydrogen-bond donors (Lipinski definition) is 4. The standard InChI is InChI=1S/C25H24F4N6O3/c1-14-8-18(26)19(33-23(37)32-17-5-3-4-16(9-17)25(27,28)29)10-20(14)35-13-15-12-31-22(30-2)11-21(15)34(6-7-36)24(35)38/h3-5,8-12,36H,6-7,13H2,1-2H3,(H,30,31)(H2,32,33,37). The van der Waals surface area contributed by atoms with Crippen LogP contribution in [0.3, 0.4) is 0 Å². The van der Waals surface area contributed by atoms with E-state index in [4.69, 9.17) is 0 Å². The van der Waals surface area contributed by atoms with Crippen LogP contribution in [-0.4, -0.2) is 42.4 Å². The minimum atomic E-state index is -4.60. The Morgan fingerprint density at radius 3 is 2.58 bits per heavy atom. The lowest BCUT2D eigenvalue weighted by Crippen LogP contribution is -2.48. The quantitative estimate of drug-likeness (QED) is 0.328. The predicted molar refractivity (Wildman–Crippen MR) is 135 cm³/mol. The van der Waals surface area contributed by atoms with Crippen molar-refractivity contribution in [2.45, 2.75) is 19.6 Å². The van der Waals surface area contributed by atoms with E-state index in [0.29, 0.717) is 22.6 Å². The molecule has 0 bridgehead atoms. The van der Waals surface area contributed by atoms with E-state index >= 15 is 0 Å². The van der Waals surface area contributed by atoms with Crippen molar-refractivity contribution in [3.05, 3.63) is 71.2 Å². The first-order valence-corrected chi connectivity index (χ1v) is 11.4. The Balaban J connectivity index is 1.61. The molecule has 0 aliphatic carbocycles. The molecule has 0 saturated heterocycles.